The number of hydrogen-bond donors (Lipinski definition) is 2. The minimum absolute atomic E-state index is 0. The van der Waals surface area contributed by atoms with Gasteiger partial charge >= 0.3 is 0 Å². The fraction of sp³-hybridized carbons (Fsp3) is 1.00. The van der Waals surface area contributed by atoms with E-state index in [0.717, 1.165) is 19.6 Å². The van der Waals surface area contributed by atoms with Gasteiger partial charge in [0.2, 0.25) is 0 Å². The van der Waals surface area contributed by atoms with Gasteiger partial charge in [0.25, 0.3) is 0 Å². The molecule has 13 heavy (non-hydrogen) atoms. The third-order valence-corrected chi connectivity index (χ3v) is 2.82. The quantitative estimate of drug-likeness (QED) is 0.704. The van der Waals surface area contributed by atoms with E-state index in [0.29, 0.717) is 6.04 Å². The molecule has 2 unspecified atom stereocenters. The van der Waals surface area contributed by atoms with Crippen LogP contribution in [0.4, 0.5) is 0 Å². The van der Waals surface area contributed by atoms with E-state index in [1.807, 2.05) is 0 Å². The van der Waals surface area contributed by atoms with Crippen molar-refractivity contribution in [2.45, 2.75) is 38.0 Å². The molecule has 0 aliphatic carbocycles. The molecule has 78 valence electrons. The molecular formula is C9H19ClN2O. The van der Waals surface area contributed by atoms with Crippen LogP contribution in [0.3, 0.4) is 0 Å². The first kappa shape index (κ1) is 11.2. The van der Waals surface area contributed by atoms with Crippen LogP contribution in [0.1, 0.15) is 26.2 Å². The van der Waals surface area contributed by atoms with E-state index in [-0.39, 0.29) is 18.1 Å². The molecule has 0 amide bonds. The lowest BCUT2D eigenvalue weighted by Gasteiger charge is -2.26. The largest absolute Gasteiger partial charge is 0.360 e. The van der Waals surface area contributed by atoms with Crippen molar-refractivity contribution >= 4 is 12.4 Å². The summed E-state index contributed by atoms with van der Waals surface area (Å²) in [6, 6.07) is 0.667. The zero-order valence-electron chi connectivity index (χ0n) is 8.14. The van der Waals surface area contributed by atoms with E-state index >= 15 is 0 Å². The highest BCUT2D eigenvalue weighted by Gasteiger charge is 2.32. The summed E-state index contributed by atoms with van der Waals surface area (Å²) in [6.07, 6.45) is 3.73. The third kappa shape index (κ3) is 2.81. The minimum atomic E-state index is -0.0536. The van der Waals surface area contributed by atoms with E-state index < -0.39 is 0 Å². The second kappa shape index (κ2) is 4.60. The molecule has 2 N–H and O–H groups in total. The van der Waals surface area contributed by atoms with Crippen molar-refractivity contribution in [2.24, 2.45) is 0 Å². The van der Waals surface area contributed by atoms with Crippen LogP contribution in [0.15, 0.2) is 0 Å². The first-order valence-corrected chi connectivity index (χ1v) is 4.91. The number of rotatable bonds is 2. The van der Waals surface area contributed by atoms with E-state index in [2.05, 4.69) is 17.6 Å². The molecule has 3 nitrogen and oxygen atoms in total. The molecule has 0 aromatic carbocycles. The lowest BCUT2D eigenvalue weighted by Crippen LogP contribution is -2.43. The first-order chi connectivity index (χ1) is 5.79. The highest BCUT2D eigenvalue weighted by Crippen LogP contribution is 2.21. The maximum Gasteiger partial charge on any atom is 0.118 e. The Bertz CT molecular complexity index is 154. The SMILES string of the molecule is CC1(CC2CCCN2)NCCO1.Cl. The van der Waals surface area contributed by atoms with Crippen LogP contribution in [-0.2, 0) is 4.74 Å². The second-order valence-electron chi connectivity index (χ2n) is 4.00. The van der Waals surface area contributed by atoms with Crippen LogP contribution in [-0.4, -0.2) is 31.5 Å². The molecule has 0 bridgehead atoms. The monoisotopic (exact) mass is 206 g/mol. The maximum atomic E-state index is 5.65. The summed E-state index contributed by atoms with van der Waals surface area (Å²) in [5.74, 6) is 0. The van der Waals surface area contributed by atoms with Crippen LogP contribution >= 0.6 is 12.4 Å². The molecule has 2 rings (SSSR count). The molecule has 0 aromatic heterocycles. The predicted molar refractivity (Wildman–Crippen MR) is 55.2 cm³/mol. The highest BCUT2D eigenvalue weighted by atomic mass is 35.5. The van der Waals surface area contributed by atoms with Crippen molar-refractivity contribution in [1.82, 2.24) is 10.6 Å². The van der Waals surface area contributed by atoms with Gasteiger partial charge in [0.05, 0.1) is 6.61 Å². The summed E-state index contributed by atoms with van der Waals surface area (Å²) >= 11 is 0. The van der Waals surface area contributed by atoms with E-state index in [1.165, 1.54) is 19.4 Å². The molecule has 0 spiro atoms. The summed E-state index contributed by atoms with van der Waals surface area (Å²) in [5, 5.41) is 6.89. The predicted octanol–water partition coefficient (Wildman–Crippen LogP) is 0.886. The van der Waals surface area contributed by atoms with Gasteiger partial charge in [-0.15, -0.1) is 12.4 Å². The smallest absolute Gasteiger partial charge is 0.118 e. The Kier molecular flexibility index (Phi) is 3.98. The summed E-state index contributed by atoms with van der Waals surface area (Å²) < 4.78 is 5.65. The standard InChI is InChI=1S/C9H18N2O.ClH/c1-9(11-5-6-12-9)7-8-3-2-4-10-8;/h8,10-11H,2-7H2,1H3;1H. The van der Waals surface area contributed by atoms with Gasteiger partial charge < -0.3 is 10.1 Å². The lowest BCUT2D eigenvalue weighted by atomic mass is 10.0. The molecule has 2 saturated heterocycles. The molecule has 0 aromatic rings. The summed E-state index contributed by atoms with van der Waals surface area (Å²) in [4.78, 5) is 0. The van der Waals surface area contributed by atoms with Gasteiger partial charge in [-0.3, -0.25) is 5.32 Å². The third-order valence-electron chi connectivity index (χ3n) is 2.82. The fourth-order valence-corrected chi connectivity index (χ4v) is 2.18. The van der Waals surface area contributed by atoms with Crippen molar-refractivity contribution in [1.29, 1.82) is 0 Å². The topological polar surface area (TPSA) is 33.3 Å². The normalized spacial score (nSPS) is 39.0. The Morgan fingerprint density at radius 3 is 2.85 bits per heavy atom. The van der Waals surface area contributed by atoms with Crippen molar-refractivity contribution in [3.05, 3.63) is 0 Å². The Balaban J connectivity index is 0.000000845. The molecule has 2 atom stereocenters. The highest BCUT2D eigenvalue weighted by molar-refractivity contribution is 5.85. The van der Waals surface area contributed by atoms with Crippen molar-refractivity contribution < 1.29 is 4.74 Å². The molecule has 2 fully saturated rings. The van der Waals surface area contributed by atoms with Crippen LogP contribution in [0.2, 0.25) is 0 Å². The molecule has 0 radical (unpaired) electrons. The molecule has 2 aliphatic rings. The molecule has 2 aliphatic heterocycles. The van der Waals surface area contributed by atoms with Crippen molar-refractivity contribution in [3.63, 3.8) is 0 Å². The lowest BCUT2D eigenvalue weighted by molar-refractivity contribution is -0.00702. The van der Waals surface area contributed by atoms with E-state index in [9.17, 15) is 0 Å². The second-order valence-corrected chi connectivity index (χ2v) is 4.00. The zero-order valence-corrected chi connectivity index (χ0v) is 8.95. The summed E-state index contributed by atoms with van der Waals surface area (Å²) in [6.45, 7) is 5.20. The van der Waals surface area contributed by atoms with Gasteiger partial charge in [-0.2, -0.15) is 0 Å². The summed E-state index contributed by atoms with van der Waals surface area (Å²) in [7, 11) is 0. The molecular weight excluding hydrogens is 188 g/mol. The van der Waals surface area contributed by atoms with Crippen molar-refractivity contribution in [2.75, 3.05) is 19.7 Å². The van der Waals surface area contributed by atoms with Gasteiger partial charge in [0, 0.05) is 19.0 Å². The Hall–Kier alpha value is 0.170. The van der Waals surface area contributed by atoms with Gasteiger partial charge in [-0.05, 0) is 26.3 Å². The van der Waals surface area contributed by atoms with Gasteiger partial charge in [0.15, 0.2) is 0 Å². The number of halogens is 1. The maximum absolute atomic E-state index is 5.65. The Morgan fingerprint density at radius 1 is 1.46 bits per heavy atom. The number of ether oxygens (including phenoxy) is 1. The van der Waals surface area contributed by atoms with Gasteiger partial charge in [-0.25, -0.2) is 0 Å². The molecule has 2 heterocycles. The van der Waals surface area contributed by atoms with E-state index in [1.54, 1.807) is 0 Å². The van der Waals surface area contributed by atoms with Crippen LogP contribution < -0.4 is 10.6 Å². The van der Waals surface area contributed by atoms with Crippen molar-refractivity contribution in [3.8, 4) is 0 Å². The summed E-state index contributed by atoms with van der Waals surface area (Å²) in [5.41, 5.74) is -0.0536. The Morgan fingerprint density at radius 2 is 2.31 bits per heavy atom. The average Bonchev–Trinajstić information content (AvgIpc) is 2.62. The van der Waals surface area contributed by atoms with Crippen LogP contribution in [0, 0.1) is 0 Å². The first-order valence-electron chi connectivity index (χ1n) is 4.91. The molecule has 0 saturated carbocycles. The fourth-order valence-electron chi connectivity index (χ4n) is 2.18. The number of hydrogen-bond acceptors (Lipinski definition) is 3. The van der Waals surface area contributed by atoms with Gasteiger partial charge in [0.1, 0.15) is 5.72 Å². The van der Waals surface area contributed by atoms with E-state index in [4.69, 9.17) is 4.74 Å². The zero-order chi connectivity index (χ0) is 8.44. The minimum Gasteiger partial charge on any atom is -0.360 e. The Labute approximate surface area is 86.0 Å². The van der Waals surface area contributed by atoms with Crippen LogP contribution in [0.25, 0.3) is 0 Å². The van der Waals surface area contributed by atoms with Crippen LogP contribution in [0.5, 0.6) is 0 Å². The van der Waals surface area contributed by atoms with Gasteiger partial charge in [-0.1, -0.05) is 0 Å². The average molecular weight is 207 g/mol. The number of nitrogens with one attached hydrogen (secondary N) is 2. The molecule has 4 heteroatoms.